The van der Waals surface area contributed by atoms with Crippen molar-refractivity contribution in [3.05, 3.63) is 23.5 Å². The number of aliphatic hydroxyl groups is 1. The van der Waals surface area contributed by atoms with Crippen molar-refractivity contribution >= 4 is 5.78 Å². The van der Waals surface area contributed by atoms with Crippen LogP contribution in [0.15, 0.2) is 23.5 Å². The van der Waals surface area contributed by atoms with Gasteiger partial charge in [0.25, 0.3) is 5.78 Å². The van der Waals surface area contributed by atoms with Crippen molar-refractivity contribution in [1.82, 2.24) is 0 Å². The fourth-order valence-corrected chi connectivity index (χ4v) is 1.29. The van der Waals surface area contributed by atoms with E-state index in [1.54, 1.807) is 5.57 Å². The molecule has 0 fully saturated rings. The van der Waals surface area contributed by atoms with Gasteiger partial charge in [-0.15, -0.1) is 0 Å². The predicted molar refractivity (Wildman–Crippen MR) is 60.1 cm³/mol. The van der Waals surface area contributed by atoms with E-state index in [0.717, 1.165) is 0 Å². The van der Waals surface area contributed by atoms with Crippen molar-refractivity contribution in [3.8, 4) is 0 Å². The molecular formula is C12H14CuF6O2. The van der Waals surface area contributed by atoms with Crippen LogP contribution < -0.4 is 0 Å². The molecule has 0 saturated heterocycles. The van der Waals surface area contributed by atoms with E-state index >= 15 is 0 Å². The largest absolute Gasteiger partial charge is 0.504 e. The maximum atomic E-state index is 11.4. The Kier molecular flexibility index (Phi) is 9.73. The van der Waals surface area contributed by atoms with Crippen LogP contribution in [0.1, 0.15) is 32.6 Å². The number of aliphatic hydroxyl groups excluding tert-OH is 1. The molecule has 2 nitrogen and oxygen atoms in total. The second-order valence-corrected chi connectivity index (χ2v) is 4.19. The van der Waals surface area contributed by atoms with Crippen molar-refractivity contribution in [2.75, 3.05) is 0 Å². The zero-order valence-corrected chi connectivity index (χ0v) is 11.8. The average Bonchev–Trinajstić information content (AvgIpc) is 2.28. The summed E-state index contributed by atoms with van der Waals surface area (Å²) in [5.41, 5.74) is 1.59. The number of ketones is 1. The van der Waals surface area contributed by atoms with Crippen LogP contribution in [0, 0.1) is 0 Å². The molecule has 0 aromatic heterocycles. The number of carbonyl (C=O) groups is 1. The molecule has 1 N–H and O–H groups in total. The quantitative estimate of drug-likeness (QED) is 0.241. The van der Waals surface area contributed by atoms with Gasteiger partial charge >= 0.3 is 12.4 Å². The van der Waals surface area contributed by atoms with Crippen molar-refractivity contribution in [2.24, 2.45) is 0 Å². The molecule has 9 heteroatoms. The van der Waals surface area contributed by atoms with Crippen molar-refractivity contribution in [2.45, 2.75) is 45.0 Å². The average molecular weight is 368 g/mol. The van der Waals surface area contributed by atoms with Gasteiger partial charge in [0.15, 0.2) is 0 Å². The molecular weight excluding hydrogens is 354 g/mol. The van der Waals surface area contributed by atoms with Crippen LogP contribution in [0.3, 0.4) is 0 Å². The third kappa shape index (κ3) is 10.4. The Morgan fingerprint density at radius 1 is 1.14 bits per heavy atom. The molecule has 0 atom stereocenters. The molecule has 1 rings (SSSR count). The molecule has 0 aromatic carbocycles. The van der Waals surface area contributed by atoms with E-state index in [2.05, 4.69) is 13.0 Å². The van der Waals surface area contributed by atoms with Gasteiger partial charge in [0.1, 0.15) is 0 Å². The molecule has 0 aromatic rings. The van der Waals surface area contributed by atoms with E-state index < -0.39 is 30.0 Å². The minimum Gasteiger partial charge on any atom is -0.504 e. The standard InChI is InChI=1S/C7H12.C5H2F6O2.Cu/c1-7-5-3-2-4-6-7;6-4(7,8)2(12)1-3(13)5(9,10)11;/h5H,2-4,6H2,1H3;1,12H;/b;2-1-;. The van der Waals surface area contributed by atoms with Gasteiger partial charge < -0.3 is 5.11 Å². The van der Waals surface area contributed by atoms with E-state index in [4.69, 9.17) is 5.11 Å². The molecule has 21 heavy (non-hydrogen) atoms. The van der Waals surface area contributed by atoms with Crippen LogP contribution in [-0.2, 0) is 21.9 Å². The van der Waals surface area contributed by atoms with Crippen LogP contribution >= 0.6 is 0 Å². The topological polar surface area (TPSA) is 37.3 Å². The number of hydrogen-bond acceptors (Lipinski definition) is 2. The number of halogens is 6. The molecule has 127 valence electrons. The first kappa shape index (κ1) is 22.3. The fraction of sp³-hybridized carbons (Fsp3) is 0.583. The summed E-state index contributed by atoms with van der Waals surface area (Å²) in [5.74, 6) is -5.34. The number of rotatable bonds is 1. The minimum absolute atomic E-state index is 0. The van der Waals surface area contributed by atoms with Gasteiger partial charge in [-0.1, -0.05) is 11.6 Å². The maximum absolute atomic E-state index is 11.4. The summed E-state index contributed by atoms with van der Waals surface area (Å²) in [4.78, 5) is 9.86. The van der Waals surface area contributed by atoms with Crippen LogP contribution in [0.5, 0.6) is 0 Å². The molecule has 0 unspecified atom stereocenters. The number of hydrogen-bond donors (Lipinski definition) is 1. The van der Waals surface area contributed by atoms with Crippen molar-refractivity contribution < 1.29 is 53.3 Å². The number of allylic oxidation sites excluding steroid dienone is 4. The van der Waals surface area contributed by atoms with E-state index in [1.165, 1.54) is 25.7 Å². The Hall–Kier alpha value is -0.951. The van der Waals surface area contributed by atoms with Crippen LogP contribution in [0.25, 0.3) is 0 Å². The van der Waals surface area contributed by atoms with Gasteiger partial charge in [0, 0.05) is 23.1 Å². The number of alkyl halides is 6. The fourth-order valence-electron chi connectivity index (χ4n) is 1.29. The van der Waals surface area contributed by atoms with E-state index in [9.17, 15) is 31.1 Å². The summed E-state index contributed by atoms with van der Waals surface area (Å²) in [6.07, 6.45) is -3.82. The summed E-state index contributed by atoms with van der Waals surface area (Å²) in [7, 11) is 0. The maximum Gasteiger partial charge on any atom is 0.454 e. The second kappa shape index (κ2) is 9.15. The summed E-state index contributed by atoms with van der Waals surface area (Å²) in [6.45, 7) is 2.22. The third-order valence-electron chi connectivity index (χ3n) is 2.36. The van der Waals surface area contributed by atoms with E-state index in [-0.39, 0.29) is 17.1 Å². The van der Waals surface area contributed by atoms with Crippen LogP contribution in [0.2, 0.25) is 0 Å². The van der Waals surface area contributed by atoms with Gasteiger partial charge in [-0.2, -0.15) is 26.3 Å². The SMILES string of the molecule is CC1=CCCCC1.O=C(/C=C(\O)C(F)(F)F)C(F)(F)F.[Cu]. The Labute approximate surface area is 128 Å². The smallest absolute Gasteiger partial charge is 0.454 e. The Balaban J connectivity index is 0. The molecule has 0 spiro atoms. The van der Waals surface area contributed by atoms with E-state index in [0.29, 0.717) is 0 Å². The summed E-state index contributed by atoms with van der Waals surface area (Å²) < 4.78 is 68.1. The van der Waals surface area contributed by atoms with Crippen molar-refractivity contribution in [3.63, 3.8) is 0 Å². The van der Waals surface area contributed by atoms with Gasteiger partial charge in [-0.25, -0.2) is 0 Å². The molecule has 1 radical (unpaired) electrons. The summed E-state index contributed by atoms with van der Waals surface area (Å²) >= 11 is 0. The Morgan fingerprint density at radius 2 is 1.67 bits per heavy atom. The minimum atomic E-state index is -5.42. The van der Waals surface area contributed by atoms with Crippen molar-refractivity contribution in [1.29, 1.82) is 0 Å². The van der Waals surface area contributed by atoms with Gasteiger partial charge in [-0.3, -0.25) is 4.79 Å². The van der Waals surface area contributed by atoms with Gasteiger partial charge in [-0.05, 0) is 32.6 Å². The molecule has 1 aliphatic rings. The first-order valence-corrected chi connectivity index (χ1v) is 5.69. The molecule has 0 bridgehead atoms. The predicted octanol–water partition coefficient (Wildman–Crippen LogP) is 4.63. The normalized spacial score (nSPS) is 16.1. The molecule has 0 saturated carbocycles. The van der Waals surface area contributed by atoms with Crippen LogP contribution in [0.4, 0.5) is 26.3 Å². The number of carbonyl (C=O) groups excluding carboxylic acids is 1. The van der Waals surface area contributed by atoms with E-state index in [1.807, 2.05) is 0 Å². The first-order valence-electron chi connectivity index (χ1n) is 5.69. The first-order chi connectivity index (χ1) is 8.94. The summed E-state index contributed by atoms with van der Waals surface area (Å²) in [5, 5.41) is 7.93. The second-order valence-electron chi connectivity index (χ2n) is 4.19. The Bertz CT molecular complexity index is 396. The summed E-state index contributed by atoms with van der Waals surface area (Å²) in [6, 6.07) is 0. The molecule has 0 amide bonds. The van der Waals surface area contributed by atoms with Gasteiger partial charge in [0.05, 0.1) is 0 Å². The monoisotopic (exact) mass is 367 g/mol. The zero-order chi connectivity index (χ0) is 16.0. The third-order valence-corrected chi connectivity index (χ3v) is 2.36. The molecule has 1 aliphatic carbocycles. The van der Waals surface area contributed by atoms with Crippen LogP contribution in [-0.4, -0.2) is 23.2 Å². The van der Waals surface area contributed by atoms with Gasteiger partial charge in [0.2, 0.25) is 5.76 Å². The molecule has 0 heterocycles. The molecule has 0 aliphatic heterocycles. The Morgan fingerprint density at radius 3 is 1.90 bits per heavy atom. The zero-order valence-electron chi connectivity index (χ0n) is 10.9.